The molecule has 2 atom stereocenters. The molecule has 2 N–H and O–H groups in total. The standard InChI is InChI=1S/C20H19FN4S/c1-12-11-14(7-8-15(12)21)25-19(17-9-6-13(2)23-17)18(24-20(25)26)16-5-3-4-10-22-16/h3-11,18-19,23H,1-2H3,(H,24,26)/t18-,19+/m0/s1. The molecule has 1 aliphatic heterocycles. The Morgan fingerprint density at radius 2 is 1.96 bits per heavy atom. The Morgan fingerprint density at radius 3 is 2.62 bits per heavy atom. The van der Waals surface area contributed by atoms with Gasteiger partial charge >= 0.3 is 0 Å². The second-order valence-electron chi connectivity index (χ2n) is 6.53. The molecular formula is C20H19FN4S. The van der Waals surface area contributed by atoms with Crippen molar-refractivity contribution in [1.82, 2.24) is 15.3 Å². The lowest BCUT2D eigenvalue weighted by atomic mass is 10.0. The van der Waals surface area contributed by atoms with E-state index < -0.39 is 0 Å². The van der Waals surface area contributed by atoms with Gasteiger partial charge in [0.05, 0.1) is 11.7 Å². The summed E-state index contributed by atoms with van der Waals surface area (Å²) in [5.41, 5.74) is 4.47. The van der Waals surface area contributed by atoms with Crippen molar-refractivity contribution in [3.05, 3.63) is 83.2 Å². The van der Waals surface area contributed by atoms with Gasteiger partial charge in [0.15, 0.2) is 5.11 Å². The number of H-pyrrole nitrogens is 1. The Labute approximate surface area is 157 Å². The first kappa shape index (κ1) is 16.7. The molecule has 132 valence electrons. The van der Waals surface area contributed by atoms with Gasteiger partial charge in [-0.2, -0.15) is 0 Å². The van der Waals surface area contributed by atoms with Crippen LogP contribution in [0.3, 0.4) is 0 Å². The van der Waals surface area contributed by atoms with Crippen LogP contribution in [0.1, 0.15) is 34.7 Å². The SMILES string of the molecule is Cc1ccc([C@@H]2[C@H](c3ccccn3)NC(=S)N2c2ccc(F)c(C)c2)[nH]1. The summed E-state index contributed by atoms with van der Waals surface area (Å²) < 4.78 is 13.8. The van der Waals surface area contributed by atoms with Crippen molar-refractivity contribution in [1.29, 1.82) is 0 Å². The number of aryl methyl sites for hydroxylation is 2. The Morgan fingerprint density at radius 1 is 1.12 bits per heavy atom. The Bertz CT molecular complexity index is 953. The van der Waals surface area contributed by atoms with Gasteiger partial charge in [-0.3, -0.25) is 4.98 Å². The first-order chi connectivity index (χ1) is 12.5. The fourth-order valence-electron chi connectivity index (χ4n) is 3.43. The molecule has 4 rings (SSSR count). The van der Waals surface area contributed by atoms with E-state index in [0.29, 0.717) is 10.7 Å². The number of nitrogens with one attached hydrogen (secondary N) is 2. The number of halogens is 1. The lowest BCUT2D eigenvalue weighted by molar-refractivity contribution is 0.557. The monoisotopic (exact) mass is 366 g/mol. The third-order valence-electron chi connectivity index (χ3n) is 4.69. The second kappa shape index (κ2) is 6.53. The summed E-state index contributed by atoms with van der Waals surface area (Å²) in [7, 11) is 0. The molecule has 0 saturated carbocycles. The molecule has 3 aromatic rings. The first-order valence-electron chi connectivity index (χ1n) is 8.47. The molecule has 4 nitrogen and oxygen atoms in total. The fraction of sp³-hybridized carbons (Fsp3) is 0.200. The van der Waals surface area contributed by atoms with Crippen molar-refractivity contribution in [2.24, 2.45) is 0 Å². The number of aromatic amines is 1. The van der Waals surface area contributed by atoms with Gasteiger partial charge in [-0.15, -0.1) is 0 Å². The average Bonchev–Trinajstić information content (AvgIpc) is 3.21. The number of rotatable bonds is 3. The largest absolute Gasteiger partial charge is 0.361 e. The van der Waals surface area contributed by atoms with Crippen LogP contribution in [0.25, 0.3) is 0 Å². The normalized spacial score (nSPS) is 19.7. The topological polar surface area (TPSA) is 44.0 Å². The summed E-state index contributed by atoms with van der Waals surface area (Å²) in [6.07, 6.45) is 1.78. The van der Waals surface area contributed by atoms with E-state index in [1.165, 1.54) is 6.07 Å². The van der Waals surface area contributed by atoms with E-state index in [1.807, 2.05) is 42.2 Å². The Kier molecular flexibility index (Phi) is 4.20. The van der Waals surface area contributed by atoms with Crippen molar-refractivity contribution in [2.45, 2.75) is 25.9 Å². The molecule has 0 spiro atoms. The van der Waals surface area contributed by atoms with Crippen LogP contribution < -0.4 is 10.2 Å². The van der Waals surface area contributed by atoms with Gasteiger partial charge in [0.2, 0.25) is 0 Å². The molecule has 1 saturated heterocycles. The third-order valence-corrected chi connectivity index (χ3v) is 5.01. The summed E-state index contributed by atoms with van der Waals surface area (Å²) in [5, 5.41) is 3.99. The van der Waals surface area contributed by atoms with Gasteiger partial charge in [-0.1, -0.05) is 6.07 Å². The van der Waals surface area contributed by atoms with Gasteiger partial charge in [-0.05, 0) is 74.1 Å². The number of hydrogen-bond acceptors (Lipinski definition) is 2. The van der Waals surface area contributed by atoms with Crippen molar-refractivity contribution in [2.75, 3.05) is 4.90 Å². The highest BCUT2D eigenvalue weighted by molar-refractivity contribution is 7.80. The lowest BCUT2D eigenvalue weighted by Gasteiger charge is -2.27. The van der Waals surface area contributed by atoms with Gasteiger partial charge in [0.1, 0.15) is 11.9 Å². The van der Waals surface area contributed by atoms with Gasteiger partial charge in [0, 0.05) is 23.3 Å². The maximum atomic E-state index is 13.8. The van der Waals surface area contributed by atoms with Crippen molar-refractivity contribution < 1.29 is 4.39 Å². The predicted molar refractivity (Wildman–Crippen MR) is 105 cm³/mol. The highest BCUT2D eigenvalue weighted by Crippen LogP contribution is 2.41. The maximum Gasteiger partial charge on any atom is 0.174 e. The highest BCUT2D eigenvalue weighted by atomic mass is 32.1. The lowest BCUT2D eigenvalue weighted by Crippen LogP contribution is -2.29. The molecule has 1 aromatic carbocycles. The fourth-order valence-corrected chi connectivity index (χ4v) is 3.77. The molecule has 1 aliphatic rings. The number of thiocarbonyl (C=S) groups is 1. The smallest absolute Gasteiger partial charge is 0.174 e. The number of anilines is 1. The molecule has 3 heterocycles. The Hall–Kier alpha value is -2.73. The van der Waals surface area contributed by atoms with Gasteiger partial charge in [0.25, 0.3) is 0 Å². The molecule has 0 amide bonds. The summed E-state index contributed by atoms with van der Waals surface area (Å²) >= 11 is 5.64. The van der Waals surface area contributed by atoms with Gasteiger partial charge < -0.3 is 15.2 Å². The van der Waals surface area contributed by atoms with Crippen LogP contribution >= 0.6 is 12.2 Å². The average molecular weight is 366 g/mol. The van der Waals surface area contributed by atoms with Crippen LogP contribution in [0, 0.1) is 19.7 Å². The van der Waals surface area contributed by atoms with E-state index in [4.69, 9.17) is 12.2 Å². The number of hydrogen-bond donors (Lipinski definition) is 2. The summed E-state index contributed by atoms with van der Waals surface area (Å²) in [5.74, 6) is -0.222. The third kappa shape index (κ3) is 2.86. The highest BCUT2D eigenvalue weighted by Gasteiger charge is 2.41. The van der Waals surface area contributed by atoms with Crippen LogP contribution in [0.15, 0.2) is 54.7 Å². The van der Waals surface area contributed by atoms with Crippen LogP contribution in [-0.2, 0) is 0 Å². The number of pyridine rings is 1. The van der Waals surface area contributed by atoms with E-state index in [9.17, 15) is 4.39 Å². The van der Waals surface area contributed by atoms with Crippen LogP contribution in [-0.4, -0.2) is 15.1 Å². The summed E-state index contributed by atoms with van der Waals surface area (Å²) in [4.78, 5) is 9.97. The zero-order chi connectivity index (χ0) is 18.3. The molecule has 0 radical (unpaired) electrons. The maximum absolute atomic E-state index is 13.8. The molecule has 0 bridgehead atoms. The molecular weight excluding hydrogens is 347 g/mol. The van der Waals surface area contributed by atoms with Crippen LogP contribution in [0.4, 0.5) is 10.1 Å². The number of benzene rings is 1. The molecule has 2 aromatic heterocycles. The molecule has 26 heavy (non-hydrogen) atoms. The van der Waals surface area contributed by atoms with E-state index >= 15 is 0 Å². The zero-order valence-electron chi connectivity index (χ0n) is 14.5. The van der Waals surface area contributed by atoms with E-state index in [0.717, 1.165) is 22.8 Å². The quantitative estimate of drug-likeness (QED) is 0.677. The predicted octanol–water partition coefficient (Wildman–Crippen LogP) is 4.34. The zero-order valence-corrected chi connectivity index (χ0v) is 15.3. The van der Waals surface area contributed by atoms with Gasteiger partial charge in [-0.25, -0.2) is 4.39 Å². The number of aromatic nitrogens is 2. The van der Waals surface area contributed by atoms with Crippen LogP contribution in [0.2, 0.25) is 0 Å². The van der Waals surface area contributed by atoms with Crippen molar-refractivity contribution >= 4 is 23.0 Å². The molecule has 0 aliphatic carbocycles. The minimum Gasteiger partial charge on any atom is -0.361 e. The van der Waals surface area contributed by atoms with E-state index in [1.54, 1.807) is 19.2 Å². The first-order valence-corrected chi connectivity index (χ1v) is 8.88. The number of nitrogens with zero attached hydrogens (tertiary/aromatic N) is 2. The van der Waals surface area contributed by atoms with E-state index in [-0.39, 0.29) is 17.9 Å². The van der Waals surface area contributed by atoms with Crippen molar-refractivity contribution in [3.63, 3.8) is 0 Å². The summed E-state index contributed by atoms with van der Waals surface area (Å²) in [6.45, 7) is 3.78. The minimum absolute atomic E-state index is 0.101. The van der Waals surface area contributed by atoms with Crippen LogP contribution in [0.5, 0.6) is 0 Å². The molecule has 1 fully saturated rings. The minimum atomic E-state index is -0.222. The Balaban J connectivity index is 1.83. The van der Waals surface area contributed by atoms with Crippen molar-refractivity contribution in [3.8, 4) is 0 Å². The van der Waals surface area contributed by atoms with E-state index in [2.05, 4.69) is 21.4 Å². The second-order valence-corrected chi connectivity index (χ2v) is 6.91. The molecule has 6 heteroatoms. The molecule has 0 unspecified atom stereocenters. The summed E-state index contributed by atoms with van der Waals surface area (Å²) in [6, 6.07) is 14.8.